The molecular weight excluding hydrogens is 368 g/mol. The molecule has 8 nitrogen and oxygen atoms in total. The fourth-order valence-corrected chi connectivity index (χ4v) is 3.68. The lowest BCUT2D eigenvalue weighted by Crippen LogP contribution is -2.41. The molecule has 1 amide bonds. The molecule has 1 aromatic carbocycles. The van der Waals surface area contributed by atoms with Crippen LogP contribution in [0, 0.1) is 0 Å². The third-order valence-corrected chi connectivity index (χ3v) is 5.18. The smallest absolute Gasteiger partial charge is 0.233 e. The number of benzene rings is 1. The molecule has 2 aromatic rings. The second kappa shape index (κ2) is 9.61. The summed E-state index contributed by atoms with van der Waals surface area (Å²) in [7, 11) is 1.61. The van der Waals surface area contributed by atoms with Crippen molar-refractivity contribution in [1.29, 1.82) is 0 Å². The molecule has 146 valence electrons. The molecule has 1 aromatic heterocycles. The molecule has 0 radical (unpaired) electrons. The van der Waals surface area contributed by atoms with Crippen LogP contribution in [0.15, 0.2) is 29.4 Å². The van der Waals surface area contributed by atoms with Gasteiger partial charge in [-0.1, -0.05) is 23.9 Å². The minimum atomic E-state index is 0.0979. The highest BCUT2D eigenvalue weighted by Gasteiger charge is 2.19. The highest BCUT2D eigenvalue weighted by atomic mass is 32.2. The Hall–Kier alpha value is -2.26. The highest BCUT2D eigenvalue weighted by molar-refractivity contribution is 7.99. The molecule has 1 aliphatic heterocycles. The van der Waals surface area contributed by atoms with Crippen molar-refractivity contribution in [3.63, 3.8) is 0 Å². The molecule has 9 heteroatoms. The van der Waals surface area contributed by atoms with Crippen LogP contribution in [0.5, 0.6) is 11.5 Å². The Bertz CT molecular complexity index is 762. The van der Waals surface area contributed by atoms with Gasteiger partial charge in [-0.15, -0.1) is 10.2 Å². The SMILES string of the molecule is CCn1c(COc2ccccc2OC)nnc1SCC(=O)N1CCOCC1. The number of para-hydroxylation sites is 2. The monoisotopic (exact) mass is 392 g/mol. The maximum atomic E-state index is 12.3. The summed E-state index contributed by atoms with van der Waals surface area (Å²) < 4.78 is 18.4. The third kappa shape index (κ3) is 4.92. The number of morpholine rings is 1. The summed E-state index contributed by atoms with van der Waals surface area (Å²) in [6.07, 6.45) is 0. The minimum absolute atomic E-state index is 0.0979. The zero-order valence-electron chi connectivity index (χ0n) is 15.6. The lowest BCUT2D eigenvalue weighted by atomic mass is 10.3. The maximum Gasteiger partial charge on any atom is 0.233 e. The van der Waals surface area contributed by atoms with Crippen molar-refractivity contribution in [2.75, 3.05) is 39.2 Å². The van der Waals surface area contributed by atoms with Gasteiger partial charge < -0.3 is 23.7 Å². The Morgan fingerprint density at radius 2 is 1.96 bits per heavy atom. The molecule has 2 heterocycles. The van der Waals surface area contributed by atoms with Crippen molar-refractivity contribution in [2.45, 2.75) is 25.2 Å². The fraction of sp³-hybridized carbons (Fsp3) is 0.500. The summed E-state index contributed by atoms with van der Waals surface area (Å²) in [4.78, 5) is 14.1. The van der Waals surface area contributed by atoms with E-state index in [4.69, 9.17) is 14.2 Å². The molecule has 0 N–H and O–H groups in total. The quantitative estimate of drug-likeness (QED) is 0.634. The molecule has 0 spiro atoms. The Kier molecular flexibility index (Phi) is 6.94. The molecule has 0 atom stereocenters. The number of methoxy groups -OCH3 is 1. The Balaban J connectivity index is 1.59. The van der Waals surface area contributed by atoms with Crippen LogP contribution in [0.2, 0.25) is 0 Å². The van der Waals surface area contributed by atoms with E-state index in [1.54, 1.807) is 7.11 Å². The summed E-state index contributed by atoms with van der Waals surface area (Å²) in [6.45, 7) is 5.50. The van der Waals surface area contributed by atoms with Gasteiger partial charge in [0.15, 0.2) is 22.5 Å². The molecule has 3 rings (SSSR count). The maximum absolute atomic E-state index is 12.3. The van der Waals surface area contributed by atoms with Crippen LogP contribution in [0.4, 0.5) is 0 Å². The number of ether oxygens (including phenoxy) is 3. The van der Waals surface area contributed by atoms with Gasteiger partial charge in [0.25, 0.3) is 0 Å². The van der Waals surface area contributed by atoms with Crippen LogP contribution in [0.1, 0.15) is 12.7 Å². The van der Waals surface area contributed by atoms with E-state index in [-0.39, 0.29) is 12.5 Å². The standard InChI is InChI=1S/C18H24N4O4S/c1-3-22-16(12-26-15-7-5-4-6-14(15)24-2)19-20-18(22)27-13-17(23)21-8-10-25-11-9-21/h4-7H,3,8-13H2,1-2H3. The second-order valence-corrected chi connectivity index (χ2v) is 6.81. The third-order valence-electron chi connectivity index (χ3n) is 4.22. The lowest BCUT2D eigenvalue weighted by Gasteiger charge is -2.26. The zero-order chi connectivity index (χ0) is 19.1. The number of thioether (sulfide) groups is 1. The van der Waals surface area contributed by atoms with Crippen molar-refractivity contribution in [3.05, 3.63) is 30.1 Å². The molecule has 0 bridgehead atoms. The largest absolute Gasteiger partial charge is 0.493 e. The van der Waals surface area contributed by atoms with Crippen molar-refractivity contribution >= 4 is 17.7 Å². The summed E-state index contributed by atoms with van der Waals surface area (Å²) in [6, 6.07) is 7.47. The summed E-state index contributed by atoms with van der Waals surface area (Å²) in [5, 5.41) is 9.18. The number of hydrogen-bond donors (Lipinski definition) is 0. The second-order valence-electron chi connectivity index (χ2n) is 5.86. The van der Waals surface area contributed by atoms with Crippen molar-refractivity contribution < 1.29 is 19.0 Å². The van der Waals surface area contributed by atoms with Gasteiger partial charge in [0, 0.05) is 19.6 Å². The minimum Gasteiger partial charge on any atom is -0.493 e. The van der Waals surface area contributed by atoms with E-state index in [9.17, 15) is 4.79 Å². The summed E-state index contributed by atoms with van der Waals surface area (Å²) in [5.74, 6) is 2.48. The van der Waals surface area contributed by atoms with Crippen LogP contribution in [0.25, 0.3) is 0 Å². The van der Waals surface area contributed by atoms with E-state index in [1.165, 1.54) is 11.8 Å². The number of aromatic nitrogens is 3. The predicted molar refractivity (Wildman–Crippen MR) is 101 cm³/mol. The van der Waals surface area contributed by atoms with Gasteiger partial charge in [0.2, 0.25) is 5.91 Å². The number of carbonyl (C=O) groups is 1. The number of hydrogen-bond acceptors (Lipinski definition) is 7. The first-order valence-corrected chi connectivity index (χ1v) is 9.87. The van der Waals surface area contributed by atoms with E-state index in [1.807, 2.05) is 40.7 Å². The van der Waals surface area contributed by atoms with E-state index >= 15 is 0 Å². The summed E-state index contributed by atoms with van der Waals surface area (Å²) >= 11 is 1.40. The molecule has 0 aliphatic carbocycles. The topological polar surface area (TPSA) is 78.7 Å². The van der Waals surface area contributed by atoms with E-state index < -0.39 is 0 Å². The molecule has 0 saturated carbocycles. The molecule has 27 heavy (non-hydrogen) atoms. The van der Waals surface area contributed by atoms with Crippen LogP contribution < -0.4 is 9.47 Å². The van der Waals surface area contributed by atoms with Crippen molar-refractivity contribution in [1.82, 2.24) is 19.7 Å². The fourth-order valence-electron chi connectivity index (χ4n) is 2.76. The van der Waals surface area contributed by atoms with Crippen molar-refractivity contribution in [3.8, 4) is 11.5 Å². The van der Waals surface area contributed by atoms with Gasteiger partial charge in [-0.3, -0.25) is 4.79 Å². The van der Waals surface area contributed by atoms with Crippen LogP contribution >= 0.6 is 11.8 Å². The van der Waals surface area contributed by atoms with Gasteiger partial charge in [-0.2, -0.15) is 0 Å². The normalized spacial score (nSPS) is 14.2. The molecule has 1 saturated heterocycles. The first kappa shape index (κ1) is 19.5. The lowest BCUT2D eigenvalue weighted by molar-refractivity contribution is -0.132. The van der Waals surface area contributed by atoms with Gasteiger partial charge >= 0.3 is 0 Å². The van der Waals surface area contributed by atoms with Crippen molar-refractivity contribution in [2.24, 2.45) is 0 Å². The van der Waals surface area contributed by atoms with Gasteiger partial charge in [0.05, 0.1) is 26.1 Å². The van der Waals surface area contributed by atoms with Gasteiger partial charge in [-0.05, 0) is 19.1 Å². The van der Waals surface area contributed by atoms with E-state index in [2.05, 4.69) is 10.2 Å². The molecule has 0 unspecified atom stereocenters. The Labute approximate surface area is 162 Å². The van der Waals surface area contributed by atoms with E-state index in [0.29, 0.717) is 55.9 Å². The van der Waals surface area contributed by atoms with Gasteiger partial charge in [0.1, 0.15) is 6.61 Å². The van der Waals surface area contributed by atoms with Crippen LogP contribution in [0.3, 0.4) is 0 Å². The predicted octanol–water partition coefficient (Wildman–Crippen LogP) is 1.84. The first-order valence-electron chi connectivity index (χ1n) is 8.89. The van der Waals surface area contributed by atoms with E-state index in [0.717, 1.165) is 5.16 Å². The number of rotatable bonds is 8. The van der Waals surface area contributed by atoms with Crippen LogP contribution in [-0.4, -0.2) is 64.7 Å². The highest BCUT2D eigenvalue weighted by Crippen LogP contribution is 2.27. The average molecular weight is 392 g/mol. The average Bonchev–Trinajstić information content (AvgIpc) is 3.13. The number of carbonyl (C=O) groups excluding carboxylic acids is 1. The molecule has 1 aliphatic rings. The summed E-state index contributed by atoms with van der Waals surface area (Å²) in [5.41, 5.74) is 0. The molecule has 1 fully saturated rings. The number of nitrogens with zero attached hydrogens (tertiary/aromatic N) is 4. The van der Waals surface area contributed by atoms with Crippen LogP contribution in [-0.2, 0) is 22.7 Å². The number of amides is 1. The Morgan fingerprint density at radius 1 is 1.22 bits per heavy atom. The first-order chi connectivity index (χ1) is 13.2. The van der Waals surface area contributed by atoms with Gasteiger partial charge in [-0.25, -0.2) is 0 Å². The Morgan fingerprint density at radius 3 is 2.67 bits per heavy atom. The molecular formula is C18H24N4O4S. The zero-order valence-corrected chi connectivity index (χ0v) is 16.4.